The summed E-state index contributed by atoms with van der Waals surface area (Å²) >= 11 is 0. The Balaban J connectivity index is 0. The Labute approximate surface area is 131 Å². The maximum Gasteiger partial charge on any atom is 0.333 e. The van der Waals surface area contributed by atoms with Gasteiger partial charge in [-0.05, 0) is 13.8 Å². The molecular weight excluding hydrogens is 292 g/mol. The molecule has 0 spiro atoms. The molecule has 0 aromatic heterocycles. The number of carbonyl (C=O) groups excluding carboxylic acids is 1. The van der Waals surface area contributed by atoms with Crippen molar-refractivity contribution in [3.63, 3.8) is 0 Å². The van der Waals surface area contributed by atoms with E-state index in [0.29, 0.717) is 38.6 Å². The first-order valence-electron chi connectivity index (χ1n) is 6.68. The average molecular weight is 318 g/mol. The van der Waals surface area contributed by atoms with Crippen LogP contribution in [-0.4, -0.2) is 63.8 Å². The van der Waals surface area contributed by atoms with Crippen LogP contribution in [0.25, 0.3) is 0 Å². The van der Waals surface area contributed by atoms with Crippen molar-refractivity contribution in [1.82, 2.24) is 0 Å². The van der Waals surface area contributed by atoms with E-state index >= 15 is 0 Å². The number of carboxylic acid groups (broad SMARTS) is 1. The molecule has 0 radical (unpaired) electrons. The largest absolute Gasteiger partial charge is 0.478 e. The minimum absolute atomic E-state index is 0.176. The third-order valence-electron chi connectivity index (χ3n) is 1.98. The lowest BCUT2D eigenvalue weighted by Crippen LogP contribution is -2.13. The zero-order valence-electron chi connectivity index (χ0n) is 13.6. The molecule has 0 saturated heterocycles. The fraction of sp³-hybridized carbons (Fsp3) is 0.600. The molecule has 0 aliphatic rings. The topological polar surface area (TPSA) is 91.3 Å². The molecule has 0 atom stereocenters. The predicted octanol–water partition coefficient (Wildman–Crippen LogP) is 1.43. The van der Waals surface area contributed by atoms with E-state index in [0.717, 1.165) is 0 Å². The summed E-state index contributed by atoms with van der Waals surface area (Å²) in [6, 6.07) is 0. The number of methoxy groups -OCH3 is 1. The third-order valence-corrected chi connectivity index (χ3v) is 1.98. The molecule has 0 bridgehead atoms. The number of carbonyl (C=O) groups is 2. The van der Waals surface area contributed by atoms with E-state index in [9.17, 15) is 9.59 Å². The molecule has 0 aromatic carbocycles. The fourth-order valence-corrected chi connectivity index (χ4v) is 0.781. The molecule has 0 rings (SSSR count). The summed E-state index contributed by atoms with van der Waals surface area (Å²) in [5.41, 5.74) is 0.567. The normalized spacial score (nSPS) is 9.41. The number of esters is 1. The van der Waals surface area contributed by atoms with Crippen molar-refractivity contribution >= 4 is 11.9 Å². The van der Waals surface area contributed by atoms with Crippen LogP contribution in [0.4, 0.5) is 0 Å². The van der Waals surface area contributed by atoms with Crippen LogP contribution in [0.5, 0.6) is 0 Å². The zero-order valence-corrected chi connectivity index (χ0v) is 13.6. The van der Waals surface area contributed by atoms with Crippen molar-refractivity contribution in [3.8, 4) is 0 Å². The number of carboxylic acids is 1. The van der Waals surface area contributed by atoms with Crippen LogP contribution in [0, 0.1) is 0 Å². The monoisotopic (exact) mass is 318 g/mol. The molecule has 0 amide bonds. The molecule has 7 heteroatoms. The number of aliphatic carboxylic acids is 1. The summed E-state index contributed by atoms with van der Waals surface area (Å²) in [7, 11) is 1.62. The summed E-state index contributed by atoms with van der Waals surface area (Å²) in [6.45, 7) is 12.4. The summed E-state index contributed by atoms with van der Waals surface area (Å²) in [4.78, 5) is 20.5. The molecule has 22 heavy (non-hydrogen) atoms. The van der Waals surface area contributed by atoms with E-state index in [1.165, 1.54) is 6.92 Å². The van der Waals surface area contributed by atoms with E-state index in [1.54, 1.807) is 14.0 Å². The molecule has 0 fully saturated rings. The Hall–Kier alpha value is -1.70. The highest BCUT2D eigenvalue weighted by atomic mass is 16.6. The Morgan fingerprint density at radius 1 is 0.864 bits per heavy atom. The quantitative estimate of drug-likeness (QED) is 0.350. The van der Waals surface area contributed by atoms with Gasteiger partial charge in [-0.3, -0.25) is 0 Å². The molecule has 7 nitrogen and oxygen atoms in total. The van der Waals surface area contributed by atoms with Gasteiger partial charge in [0, 0.05) is 18.3 Å². The Morgan fingerprint density at radius 3 is 1.64 bits per heavy atom. The molecule has 0 saturated carbocycles. The molecule has 0 unspecified atom stereocenters. The lowest BCUT2D eigenvalue weighted by Gasteiger charge is -2.06. The van der Waals surface area contributed by atoms with Gasteiger partial charge in [0.25, 0.3) is 0 Å². The first-order valence-corrected chi connectivity index (χ1v) is 6.68. The lowest BCUT2D eigenvalue weighted by molar-refractivity contribution is -0.140. The second-order valence-electron chi connectivity index (χ2n) is 4.22. The summed E-state index contributed by atoms with van der Waals surface area (Å²) < 4.78 is 20.0. The van der Waals surface area contributed by atoms with Crippen molar-refractivity contribution in [2.45, 2.75) is 13.8 Å². The Morgan fingerprint density at radius 2 is 1.27 bits per heavy atom. The van der Waals surface area contributed by atoms with Crippen molar-refractivity contribution < 1.29 is 33.6 Å². The van der Waals surface area contributed by atoms with Gasteiger partial charge in [0.05, 0.1) is 33.0 Å². The Kier molecular flexibility index (Phi) is 16.1. The zero-order chi connectivity index (χ0) is 17.4. The summed E-state index contributed by atoms with van der Waals surface area (Å²) in [5, 5.41) is 7.89. The third kappa shape index (κ3) is 18.3. The van der Waals surface area contributed by atoms with Gasteiger partial charge < -0.3 is 24.1 Å². The van der Waals surface area contributed by atoms with E-state index in [-0.39, 0.29) is 18.1 Å². The van der Waals surface area contributed by atoms with Gasteiger partial charge in [0.1, 0.15) is 6.61 Å². The first-order chi connectivity index (χ1) is 10.3. The molecular formula is C15H26O7. The van der Waals surface area contributed by atoms with Crippen LogP contribution in [0.3, 0.4) is 0 Å². The van der Waals surface area contributed by atoms with Gasteiger partial charge in [-0.25, -0.2) is 9.59 Å². The highest BCUT2D eigenvalue weighted by Gasteiger charge is 2.01. The van der Waals surface area contributed by atoms with E-state index in [1.807, 2.05) is 0 Å². The van der Waals surface area contributed by atoms with Gasteiger partial charge in [-0.2, -0.15) is 0 Å². The van der Waals surface area contributed by atoms with E-state index in [2.05, 4.69) is 13.2 Å². The molecule has 0 aliphatic carbocycles. The van der Waals surface area contributed by atoms with Crippen molar-refractivity contribution in [2.24, 2.45) is 0 Å². The lowest BCUT2D eigenvalue weighted by atomic mass is 10.4. The first kappa shape index (κ1) is 22.6. The predicted molar refractivity (Wildman–Crippen MR) is 81.7 cm³/mol. The maximum absolute atomic E-state index is 10.9. The van der Waals surface area contributed by atoms with Gasteiger partial charge >= 0.3 is 11.9 Å². The fourth-order valence-electron chi connectivity index (χ4n) is 0.781. The number of hydrogen-bond acceptors (Lipinski definition) is 6. The molecule has 0 aromatic rings. The van der Waals surface area contributed by atoms with Crippen molar-refractivity contribution in [3.05, 3.63) is 24.3 Å². The van der Waals surface area contributed by atoms with E-state index in [4.69, 9.17) is 24.1 Å². The molecule has 0 aliphatic heterocycles. The molecule has 128 valence electrons. The minimum Gasteiger partial charge on any atom is -0.478 e. The van der Waals surface area contributed by atoms with Crippen LogP contribution >= 0.6 is 0 Å². The Bertz CT molecular complexity index is 338. The van der Waals surface area contributed by atoms with Gasteiger partial charge in [-0.15, -0.1) is 0 Å². The highest BCUT2D eigenvalue weighted by Crippen LogP contribution is 1.91. The van der Waals surface area contributed by atoms with Crippen LogP contribution in [-0.2, 0) is 28.5 Å². The van der Waals surface area contributed by atoms with Crippen LogP contribution < -0.4 is 0 Å². The highest BCUT2D eigenvalue weighted by molar-refractivity contribution is 5.86. The van der Waals surface area contributed by atoms with Gasteiger partial charge in [-0.1, -0.05) is 13.2 Å². The second kappa shape index (κ2) is 15.7. The summed E-state index contributed by atoms with van der Waals surface area (Å²) in [5.74, 6) is -1.32. The van der Waals surface area contributed by atoms with Crippen LogP contribution in [0.1, 0.15) is 13.8 Å². The number of hydrogen-bond donors (Lipinski definition) is 1. The van der Waals surface area contributed by atoms with Crippen molar-refractivity contribution in [1.29, 1.82) is 0 Å². The van der Waals surface area contributed by atoms with Crippen molar-refractivity contribution in [2.75, 3.05) is 46.8 Å². The van der Waals surface area contributed by atoms with Gasteiger partial charge in [0.2, 0.25) is 0 Å². The van der Waals surface area contributed by atoms with Crippen LogP contribution in [0.2, 0.25) is 0 Å². The average Bonchev–Trinajstić information content (AvgIpc) is 2.45. The van der Waals surface area contributed by atoms with Crippen LogP contribution in [0.15, 0.2) is 24.3 Å². The molecule has 1 N–H and O–H groups in total. The minimum atomic E-state index is -0.935. The second-order valence-corrected chi connectivity index (χ2v) is 4.22. The SMILES string of the molecule is C=C(C)C(=O)O.C=C(C)C(=O)OCCOCCOCCOC. The standard InChI is InChI=1S/C11H20O5.C4H6O2/c1-10(2)11(12)16-9-8-15-7-6-14-5-4-13-3;1-3(2)4(5)6/h1,4-9H2,2-3H3;1H2,2H3,(H,5,6). The smallest absolute Gasteiger partial charge is 0.333 e. The summed E-state index contributed by atoms with van der Waals surface area (Å²) in [6.07, 6.45) is 0. The number of rotatable bonds is 11. The molecule has 0 heterocycles. The maximum atomic E-state index is 10.9. The van der Waals surface area contributed by atoms with E-state index < -0.39 is 5.97 Å². The van der Waals surface area contributed by atoms with Gasteiger partial charge in [0.15, 0.2) is 0 Å². The number of ether oxygens (including phenoxy) is 4.